The molecule has 0 bridgehead atoms. The normalized spacial score (nSPS) is 10.2. The van der Waals surface area contributed by atoms with Gasteiger partial charge in [-0.1, -0.05) is 48.9 Å². The van der Waals surface area contributed by atoms with E-state index in [0.717, 1.165) is 4.42 Å². The molecule has 0 aromatic heterocycles. The van der Waals surface area contributed by atoms with Crippen LogP contribution >= 0.6 is 23.4 Å². The van der Waals surface area contributed by atoms with Crippen LogP contribution in [-0.2, 0) is 4.79 Å². The minimum atomic E-state index is -0.291. The summed E-state index contributed by atoms with van der Waals surface area (Å²) in [5, 5.41) is 0.409. The van der Waals surface area contributed by atoms with Crippen LogP contribution in [0.1, 0.15) is 29.3 Å². The van der Waals surface area contributed by atoms with Crippen molar-refractivity contribution in [2.45, 2.75) is 13.3 Å². The molecule has 0 spiro atoms. The Bertz CT molecular complexity index is 671. The second-order valence-electron chi connectivity index (χ2n) is 4.38. The quantitative estimate of drug-likeness (QED) is 0.615. The van der Waals surface area contributed by atoms with Gasteiger partial charge in [0.2, 0.25) is 5.91 Å². The van der Waals surface area contributed by atoms with Gasteiger partial charge in [0.05, 0.1) is 5.69 Å². The summed E-state index contributed by atoms with van der Waals surface area (Å²) >= 11 is 12.0. The largest absolute Gasteiger partial charge is 0.289 e. The number of anilines is 1. The lowest BCUT2D eigenvalue weighted by atomic mass is 10.0. The summed E-state index contributed by atoms with van der Waals surface area (Å²) < 4.78 is 0.965. The van der Waals surface area contributed by atoms with Crippen molar-refractivity contribution in [3.05, 3.63) is 64.7 Å². The van der Waals surface area contributed by atoms with Crippen LogP contribution in [0.25, 0.3) is 0 Å². The van der Waals surface area contributed by atoms with E-state index in [4.69, 9.17) is 23.4 Å². The number of hydrogen-bond donors (Lipinski definition) is 0. The summed E-state index contributed by atoms with van der Waals surface area (Å²) in [5.74, 6) is -0.524. The first-order chi connectivity index (χ1) is 10.0. The van der Waals surface area contributed by atoms with Crippen molar-refractivity contribution in [1.82, 2.24) is 0 Å². The number of carbonyl (C=O) groups is 2. The highest BCUT2D eigenvalue weighted by atomic mass is 35.5. The van der Waals surface area contributed by atoms with Gasteiger partial charge in [-0.05, 0) is 18.2 Å². The second kappa shape index (κ2) is 6.74. The molecule has 2 rings (SSSR count). The molecule has 2 aromatic carbocycles. The first-order valence-electron chi connectivity index (χ1n) is 6.42. The van der Waals surface area contributed by atoms with Gasteiger partial charge in [-0.3, -0.25) is 9.59 Å². The van der Waals surface area contributed by atoms with E-state index >= 15 is 0 Å². The Morgan fingerprint density at radius 1 is 1.10 bits per heavy atom. The Hall–Kier alpha value is -1.84. The van der Waals surface area contributed by atoms with Crippen LogP contribution in [0.15, 0.2) is 48.5 Å². The van der Waals surface area contributed by atoms with Gasteiger partial charge >= 0.3 is 0 Å². The number of ketones is 1. The van der Waals surface area contributed by atoms with Crippen molar-refractivity contribution in [3.63, 3.8) is 0 Å². The van der Waals surface area contributed by atoms with E-state index < -0.39 is 0 Å². The minimum Gasteiger partial charge on any atom is -0.289 e. The van der Waals surface area contributed by atoms with E-state index in [2.05, 4.69) is 0 Å². The monoisotopic (exact) mass is 321 g/mol. The molecular formula is C16H13Cl2NO2. The summed E-state index contributed by atoms with van der Waals surface area (Å²) in [7, 11) is 0. The molecule has 1 amide bonds. The SMILES string of the molecule is CCC(=O)N(Cl)c1ccc(Cl)cc1C(=O)c1ccccc1. The molecule has 2 aromatic rings. The van der Waals surface area contributed by atoms with Crippen molar-refractivity contribution in [2.24, 2.45) is 0 Å². The average molecular weight is 322 g/mol. The van der Waals surface area contributed by atoms with E-state index in [0.29, 0.717) is 21.8 Å². The predicted octanol–water partition coefficient (Wildman–Crippen LogP) is 4.47. The number of amides is 1. The molecule has 0 radical (unpaired) electrons. The molecule has 108 valence electrons. The number of benzene rings is 2. The molecule has 0 fully saturated rings. The molecule has 0 aliphatic carbocycles. The third-order valence-corrected chi connectivity index (χ3v) is 3.58. The number of nitrogens with zero attached hydrogens (tertiary/aromatic N) is 1. The van der Waals surface area contributed by atoms with Gasteiger partial charge in [-0.2, -0.15) is 0 Å². The molecule has 21 heavy (non-hydrogen) atoms. The summed E-state index contributed by atoms with van der Waals surface area (Å²) in [4.78, 5) is 24.3. The zero-order valence-corrected chi connectivity index (χ0v) is 12.9. The predicted molar refractivity (Wildman–Crippen MR) is 85.0 cm³/mol. The fourth-order valence-electron chi connectivity index (χ4n) is 1.88. The Kier molecular flexibility index (Phi) is 4.99. The number of halogens is 2. The van der Waals surface area contributed by atoms with Gasteiger partial charge in [0.25, 0.3) is 0 Å². The van der Waals surface area contributed by atoms with Crippen LogP contribution in [0.2, 0.25) is 5.02 Å². The van der Waals surface area contributed by atoms with Crippen LogP contribution in [0.5, 0.6) is 0 Å². The molecule has 0 atom stereocenters. The highest BCUT2D eigenvalue weighted by Gasteiger charge is 2.20. The van der Waals surface area contributed by atoms with Crippen LogP contribution in [0.3, 0.4) is 0 Å². The summed E-state index contributed by atoms with van der Waals surface area (Å²) in [6.07, 6.45) is 0.241. The molecule has 0 N–H and O–H groups in total. The Labute approximate surface area is 133 Å². The zero-order chi connectivity index (χ0) is 15.4. The molecular weight excluding hydrogens is 309 g/mol. The molecule has 0 aliphatic rings. The molecule has 5 heteroatoms. The maximum atomic E-state index is 12.6. The smallest absolute Gasteiger partial charge is 0.241 e. The van der Waals surface area contributed by atoms with E-state index in [1.807, 2.05) is 6.07 Å². The zero-order valence-electron chi connectivity index (χ0n) is 11.3. The third-order valence-electron chi connectivity index (χ3n) is 2.97. The maximum absolute atomic E-state index is 12.6. The fourth-order valence-corrected chi connectivity index (χ4v) is 2.32. The number of carbonyl (C=O) groups excluding carboxylic acids is 2. The number of hydrogen-bond acceptors (Lipinski definition) is 2. The lowest BCUT2D eigenvalue weighted by molar-refractivity contribution is -0.117. The molecule has 0 saturated carbocycles. The van der Waals surface area contributed by atoms with E-state index in [1.54, 1.807) is 43.3 Å². The number of rotatable bonds is 4. The van der Waals surface area contributed by atoms with Gasteiger partial charge in [0.15, 0.2) is 5.78 Å². The molecule has 0 aliphatic heterocycles. The van der Waals surface area contributed by atoms with Crippen LogP contribution in [0.4, 0.5) is 5.69 Å². The van der Waals surface area contributed by atoms with Crippen LogP contribution in [0, 0.1) is 0 Å². The molecule has 3 nitrogen and oxygen atoms in total. The Morgan fingerprint density at radius 2 is 1.76 bits per heavy atom. The summed E-state index contributed by atoms with van der Waals surface area (Å²) in [5.41, 5.74) is 1.14. The standard InChI is InChI=1S/C16H13Cl2NO2/c1-2-15(20)19(18)14-9-8-12(17)10-13(14)16(21)11-6-4-3-5-7-11/h3-10H,2H2,1H3. The molecule has 0 unspecified atom stereocenters. The highest BCUT2D eigenvalue weighted by Crippen LogP contribution is 2.28. The van der Waals surface area contributed by atoms with Crippen LogP contribution < -0.4 is 4.42 Å². The molecule has 0 saturated heterocycles. The van der Waals surface area contributed by atoms with Crippen molar-refractivity contribution >= 4 is 40.8 Å². The molecule has 0 heterocycles. The first-order valence-corrected chi connectivity index (χ1v) is 7.14. The van der Waals surface area contributed by atoms with Gasteiger partial charge in [0, 0.05) is 34.3 Å². The van der Waals surface area contributed by atoms with E-state index in [9.17, 15) is 9.59 Å². The van der Waals surface area contributed by atoms with Gasteiger partial charge < -0.3 is 0 Å². The van der Waals surface area contributed by atoms with Crippen molar-refractivity contribution in [1.29, 1.82) is 0 Å². The van der Waals surface area contributed by atoms with Crippen molar-refractivity contribution < 1.29 is 9.59 Å². The van der Waals surface area contributed by atoms with Gasteiger partial charge in [-0.25, -0.2) is 4.42 Å². The average Bonchev–Trinajstić information content (AvgIpc) is 2.53. The maximum Gasteiger partial charge on any atom is 0.241 e. The first kappa shape index (κ1) is 15.5. The highest BCUT2D eigenvalue weighted by molar-refractivity contribution is 6.38. The fraction of sp³-hybridized carbons (Fsp3) is 0.125. The van der Waals surface area contributed by atoms with Crippen molar-refractivity contribution in [2.75, 3.05) is 4.42 Å². The van der Waals surface area contributed by atoms with Gasteiger partial charge in [-0.15, -0.1) is 0 Å². The lowest BCUT2D eigenvalue weighted by Gasteiger charge is -2.17. The Balaban J connectivity index is 2.50. The van der Waals surface area contributed by atoms with Crippen molar-refractivity contribution in [3.8, 4) is 0 Å². The van der Waals surface area contributed by atoms with E-state index in [-0.39, 0.29) is 18.1 Å². The second-order valence-corrected chi connectivity index (χ2v) is 5.16. The lowest BCUT2D eigenvalue weighted by Crippen LogP contribution is -2.21. The summed E-state index contributed by atoms with van der Waals surface area (Å²) in [6.45, 7) is 1.70. The van der Waals surface area contributed by atoms with E-state index in [1.165, 1.54) is 6.07 Å². The topological polar surface area (TPSA) is 37.4 Å². The van der Waals surface area contributed by atoms with Gasteiger partial charge in [0.1, 0.15) is 0 Å². The third kappa shape index (κ3) is 3.43. The summed E-state index contributed by atoms with van der Waals surface area (Å²) in [6, 6.07) is 13.4. The Morgan fingerprint density at radius 3 is 2.38 bits per heavy atom. The van der Waals surface area contributed by atoms with Crippen LogP contribution in [-0.4, -0.2) is 11.7 Å². The minimum absolute atomic E-state index is 0.234.